The summed E-state index contributed by atoms with van der Waals surface area (Å²) in [5.74, 6) is 2.26. The number of nitrogens with zero attached hydrogens (tertiary/aromatic N) is 3. The van der Waals surface area contributed by atoms with E-state index in [1.54, 1.807) is 0 Å². The fourth-order valence-corrected chi connectivity index (χ4v) is 8.06. The van der Waals surface area contributed by atoms with Gasteiger partial charge in [-0.05, 0) is 64.7 Å². The quantitative estimate of drug-likeness (QED) is 0.187. The molecular formula is C47H29N3O2. The largest absolute Gasteiger partial charge is 0.456 e. The Hall–Kier alpha value is -6.85. The molecule has 6 aromatic carbocycles. The van der Waals surface area contributed by atoms with Crippen molar-refractivity contribution >= 4 is 55.5 Å². The lowest BCUT2D eigenvalue weighted by atomic mass is 9.72. The Balaban J connectivity index is 1.08. The molecule has 5 nitrogen and oxygen atoms in total. The molecule has 0 spiro atoms. The van der Waals surface area contributed by atoms with Crippen molar-refractivity contribution in [2.24, 2.45) is 5.92 Å². The number of aromatic nitrogens is 3. The maximum Gasteiger partial charge on any atom is 0.164 e. The molecule has 3 heterocycles. The van der Waals surface area contributed by atoms with Crippen LogP contribution in [0.15, 0.2) is 167 Å². The topological polar surface area (TPSA) is 65.0 Å². The number of allylic oxidation sites excluding steroid dienone is 5. The third kappa shape index (κ3) is 4.53. The van der Waals surface area contributed by atoms with Crippen molar-refractivity contribution in [2.75, 3.05) is 0 Å². The van der Waals surface area contributed by atoms with Gasteiger partial charge in [-0.1, -0.05) is 121 Å². The van der Waals surface area contributed by atoms with Gasteiger partial charge in [-0.2, -0.15) is 0 Å². The van der Waals surface area contributed by atoms with E-state index in [0.717, 1.165) is 71.7 Å². The zero-order valence-electron chi connectivity index (χ0n) is 27.9. The molecule has 9 aromatic rings. The fraction of sp³-hybridized carbons (Fsp3) is 0.0426. The second-order valence-corrected chi connectivity index (χ2v) is 13.5. The van der Waals surface area contributed by atoms with E-state index in [2.05, 4.69) is 115 Å². The standard InChI is InChI=1S/C47H29N3O2/c1-2-11-28(12-3-1)45-48-46(50-47(49-45)39-26-31-13-4-5-14-32(31)33-15-6-7-16-34(33)39)37-18-10-20-42-44(37)36-23-21-30(27-43(36)52-42)29-22-24-41-38(25-29)35-17-8-9-19-40(35)51-41/h1-27,33-34H. The Morgan fingerprint density at radius 1 is 0.442 bits per heavy atom. The van der Waals surface area contributed by atoms with E-state index in [4.69, 9.17) is 23.8 Å². The second-order valence-electron chi connectivity index (χ2n) is 13.5. The van der Waals surface area contributed by atoms with Gasteiger partial charge in [0, 0.05) is 50.1 Å². The summed E-state index contributed by atoms with van der Waals surface area (Å²) in [5.41, 5.74) is 11.0. The summed E-state index contributed by atoms with van der Waals surface area (Å²) in [6, 6.07) is 45.9. The molecule has 2 aliphatic carbocycles. The average molecular weight is 668 g/mol. The van der Waals surface area contributed by atoms with E-state index in [0.29, 0.717) is 17.5 Å². The summed E-state index contributed by atoms with van der Waals surface area (Å²) < 4.78 is 12.7. The Morgan fingerprint density at radius 3 is 2.10 bits per heavy atom. The van der Waals surface area contributed by atoms with Gasteiger partial charge in [0.2, 0.25) is 0 Å². The van der Waals surface area contributed by atoms with Crippen LogP contribution in [-0.4, -0.2) is 15.0 Å². The van der Waals surface area contributed by atoms with E-state index in [1.807, 2.05) is 48.5 Å². The first-order chi connectivity index (χ1) is 25.7. The van der Waals surface area contributed by atoms with Gasteiger partial charge in [-0.25, -0.2) is 15.0 Å². The summed E-state index contributed by atoms with van der Waals surface area (Å²) in [7, 11) is 0. The van der Waals surface area contributed by atoms with Gasteiger partial charge >= 0.3 is 0 Å². The highest BCUT2D eigenvalue weighted by Crippen LogP contribution is 2.46. The summed E-state index contributed by atoms with van der Waals surface area (Å²) in [4.78, 5) is 15.6. The molecule has 0 bridgehead atoms. The lowest BCUT2D eigenvalue weighted by molar-refractivity contribution is 0.669. The highest BCUT2D eigenvalue weighted by molar-refractivity contribution is 6.13. The van der Waals surface area contributed by atoms with Crippen molar-refractivity contribution in [3.05, 3.63) is 175 Å². The lowest BCUT2D eigenvalue weighted by Gasteiger charge is -2.31. The van der Waals surface area contributed by atoms with Gasteiger partial charge in [0.1, 0.15) is 22.3 Å². The molecule has 2 atom stereocenters. The minimum atomic E-state index is 0.113. The number of fused-ring (bicyclic) bond motifs is 9. The smallest absolute Gasteiger partial charge is 0.164 e. The summed E-state index contributed by atoms with van der Waals surface area (Å²) in [6.07, 6.45) is 11.1. The lowest BCUT2D eigenvalue weighted by Crippen LogP contribution is -2.19. The molecule has 2 unspecified atom stereocenters. The van der Waals surface area contributed by atoms with Crippen molar-refractivity contribution < 1.29 is 8.83 Å². The number of furan rings is 2. The van der Waals surface area contributed by atoms with Crippen LogP contribution in [0.1, 0.15) is 22.9 Å². The molecule has 244 valence electrons. The molecule has 0 radical (unpaired) electrons. The van der Waals surface area contributed by atoms with Gasteiger partial charge in [-0.3, -0.25) is 0 Å². The highest BCUT2D eigenvalue weighted by atomic mass is 16.3. The van der Waals surface area contributed by atoms with E-state index in [9.17, 15) is 0 Å². The SMILES string of the molecule is C1=CC2C(c3nc(-c4ccccc4)nc(-c4cccc5oc6cc(-c7ccc8oc9ccccc9c8c7)ccc6c45)n3)=Cc3ccccc3C2C=C1. The minimum absolute atomic E-state index is 0.113. The van der Waals surface area contributed by atoms with Crippen LogP contribution in [-0.2, 0) is 0 Å². The van der Waals surface area contributed by atoms with Crippen LogP contribution in [0.3, 0.4) is 0 Å². The molecule has 0 fully saturated rings. The van der Waals surface area contributed by atoms with Crippen LogP contribution in [0.2, 0.25) is 0 Å². The second kappa shape index (κ2) is 11.3. The number of hydrogen-bond donors (Lipinski definition) is 0. The van der Waals surface area contributed by atoms with Crippen LogP contribution in [0.5, 0.6) is 0 Å². The van der Waals surface area contributed by atoms with Gasteiger partial charge in [0.15, 0.2) is 17.5 Å². The number of para-hydroxylation sites is 1. The summed E-state index contributed by atoms with van der Waals surface area (Å²) in [5, 5.41) is 4.21. The Bertz CT molecular complexity index is 2980. The Morgan fingerprint density at radius 2 is 1.15 bits per heavy atom. The molecule has 11 rings (SSSR count). The molecule has 52 heavy (non-hydrogen) atoms. The monoisotopic (exact) mass is 667 g/mol. The van der Waals surface area contributed by atoms with E-state index < -0.39 is 0 Å². The van der Waals surface area contributed by atoms with Crippen LogP contribution in [0.25, 0.3) is 89.4 Å². The van der Waals surface area contributed by atoms with E-state index >= 15 is 0 Å². The Labute approximate surface area is 298 Å². The fourth-order valence-electron chi connectivity index (χ4n) is 8.06. The van der Waals surface area contributed by atoms with Crippen LogP contribution in [0.4, 0.5) is 0 Å². The van der Waals surface area contributed by atoms with Gasteiger partial charge in [-0.15, -0.1) is 0 Å². The first-order valence-corrected chi connectivity index (χ1v) is 17.6. The third-order valence-corrected chi connectivity index (χ3v) is 10.5. The molecular weight excluding hydrogens is 639 g/mol. The molecule has 3 aromatic heterocycles. The van der Waals surface area contributed by atoms with Crippen molar-refractivity contribution in [3.8, 4) is 33.9 Å². The van der Waals surface area contributed by atoms with Crippen LogP contribution in [0, 0.1) is 5.92 Å². The van der Waals surface area contributed by atoms with Gasteiger partial charge in [0.05, 0.1) is 0 Å². The van der Waals surface area contributed by atoms with Gasteiger partial charge < -0.3 is 8.83 Å². The molecule has 0 amide bonds. The molecule has 0 saturated carbocycles. The first-order valence-electron chi connectivity index (χ1n) is 17.6. The summed E-state index contributed by atoms with van der Waals surface area (Å²) >= 11 is 0. The van der Waals surface area contributed by atoms with Crippen molar-refractivity contribution in [3.63, 3.8) is 0 Å². The summed E-state index contributed by atoms with van der Waals surface area (Å²) in [6.45, 7) is 0. The molecule has 0 saturated heterocycles. The molecule has 0 aliphatic heterocycles. The van der Waals surface area contributed by atoms with Crippen LogP contribution >= 0.6 is 0 Å². The molecule has 0 N–H and O–H groups in total. The highest BCUT2D eigenvalue weighted by Gasteiger charge is 2.32. The third-order valence-electron chi connectivity index (χ3n) is 10.5. The van der Waals surface area contributed by atoms with Crippen molar-refractivity contribution in [1.82, 2.24) is 15.0 Å². The number of hydrogen-bond acceptors (Lipinski definition) is 5. The van der Waals surface area contributed by atoms with Crippen molar-refractivity contribution in [2.45, 2.75) is 5.92 Å². The zero-order chi connectivity index (χ0) is 34.2. The normalized spacial score (nSPS) is 16.4. The van der Waals surface area contributed by atoms with Gasteiger partial charge in [0.25, 0.3) is 0 Å². The Kier molecular flexibility index (Phi) is 6.31. The predicted molar refractivity (Wildman–Crippen MR) is 210 cm³/mol. The maximum absolute atomic E-state index is 6.57. The average Bonchev–Trinajstić information content (AvgIpc) is 3.78. The molecule has 2 aliphatic rings. The number of rotatable bonds is 4. The minimum Gasteiger partial charge on any atom is -0.456 e. The first kappa shape index (κ1) is 28.9. The maximum atomic E-state index is 6.57. The zero-order valence-corrected chi connectivity index (χ0v) is 27.9. The van der Waals surface area contributed by atoms with E-state index in [1.165, 1.54) is 11.1 Å². The van der Waals surface area contributed by atoms with E-state index in [-0.39, 0.29) is 11.8 Å². The van der Waals surface area contributed by atoms with Crippen molar-refractivity contribution in [1.29, 1.82) is 0 Å². The predicted octanol–water partition coefficient (Wildman–Crippen LogP) is 12.1. The molecule has 5 heteroatoms. The van der Waals surface area contributed by atoms with Crippen LogP contribution < -0.4 is 0 Å². The number of benzene rings is 6.